The highest BCUT2D eigenvalue weighted by Crippen LogP contribution is 2.26. The Kier molecular flexibility index (Phi) is 1.66. The molecule has 0 aromatic rings. The molecule has 2 nitrogen and oxygen atoms in total. The molecule has 0 saturated carbocycles. The first-order valence-electron chi connectivity index (χ1n) is 4.21. The Hall–Kier alpha value is -0.0800. The number of hydrogen-bond acceptors (Lipinski definition) is 2. The van der Waals surface area contributed by atoms with Crippen LogP contribution >= 0.6 is 0 Å². The Morgan fingerprint density at radius 1 is 1.40 bits per heavy atom. The molecule has 2 fully saturated rings. The number of piperidine rings is 1. The Bertz CT molecular complexity index is 126. The van der Waals surface area contributed by atoms with E-state index >= 15 is 0 Å². The smallest absolute Gasteiger partial charge is 0.0996 e. The summed E-state index contributed by atoms with van der Waals surface area (Å²) in [6.07, 6.45) is 4.11. The lowest BCUT2D eigenvalue weighted by molar-refractivity contribution is 0.0925. The SMILES string of the molecule is CC1CCCC2COCN12. The zero-order valence-electron chi connectivity index (χ0n) is 6.55. The quantitative estimate of drug-likeness (QED) is 0.503. The van der Waals surface area contributed by atoms with Crippen molar-refractivity contribution in [3.05, 3.63) is 0 Å². The zero-order chi connectivity index (χ0) is 6.97. The second-order valence-electron chi connectivity index (χ2n) is 3.45. The van der Waals surface area contributed by atoms with Crippen molar-refractivity contribution in [3.8, 4) is 0 Å². The lowest BCUT2D eigenvalue weighted by atomic mass is 9.99. The second kappa shape index (κ2) is 2.51. The van der Waals surface area contributed by atoms with E-state index < -0.39 is 0 Å². The van der Waals surface area contributed by atoms with E-state index in [-0.39, 0.29) is 0 Å². The molecule has 0 amide bonds. The van der Waals surface area contributed by atoms with E-state index in [1.807, 2.05) is 0 Å². The summed E-state index contributed by atoms with van der Waals surface area (Å²) in [6, 6.07) is 1.52. The van der Waals surface area contributed by atoms with Crippen LogP contribution in [0.2, 0.25) is 0 Å². The molecule has 0 aliphatic carbocycles. The monoisotopic (exact) mass is 141 g/mol. The van der Waals surface area contributed by atoms with E-state index in [0.717, 1.165) is 25.4 Å². The van der Waals surface area contributed by atoms with Crippen LogP contribution in [-0.4, -0.2) is 30.3 Å². The summed E-state index contributed by atoms with van der Waals surface area (Å²) in [4.78, 5) is 2.49. The second-order valence-corrected chi connectivity index (χ2v) is 3.45. The van der Waals surface area contributed by atoms with Gasteiger partial charge in [0, 0.05) is 12.1 Å². The Labute approximate surface area is 62.2 Å². The fourth-order valence-electron chi connectivity index (χ4n) is 2.05. The number of nitrogens with zero attached hydrogens (tertiary/aromatic N) is 1. The highest BCUT2D eigenvalue weighted by molar-refractivity contribution is 4.83. The van der Waals surface area contributed by atoms with Crippen molar-refractivity contribution in [3.63, 3.8) is 0 Å². The molecule has 2 aliphatic heterocycles. The summed E-state index contributed by atoms with van der Waals surface area (Å²) in [6.45, 7) is 4.16. The molecule has 2 heterocycles. The Balaban J connectivity index is 2.03. The van der Waals surface area contributed by atoms with Crippen LogP contribution in [0.4, 0.5) is 0 Å². The third kappa shape index (κ3) is 0.956. The van der Waals surface area contributed by atoms with Gasteiger partial charge < -0.3 is 4.74 Å². The van der Waals surface area contributed by atoms with Gasteiger partial charge in [-0.05, 0) is 19.8 Å². The molecule has 2 heteroatoms. The van der Waals surface area contributed by atoms with Crippen molar-refractivity contribution in [1.82, 2.24) is 4.90 Å². The van der Waals surface area contributed by atoms with Gasteiger partial charge in [-0.15, -0.1) is 0 Å². The molecule has 2 aliphatic rings. The Morgan fingerprint density at radius 3 is 3.10 bits per heavy atom. The van der Waals surface area contributed by atoms with E-state index in [4.69, 9.17) is 4.74 Å². The van der Waals surface area contributed by atoms with Crippen molar-refractivity contribution < 1.29 is 4.74 Å². The molecule has 58 valence electrons. The van der Waals surface area contributed by atoms with Gasteiger partial charge >= 0.3 is 0 Å². The molecule has 2 saturated heterocycles. The molecule has 2 rings (SSSR count). The molecule has 2 unspecified atom stereocenters. The first-order valence-corrected chi connectivity index (χ1v) is 4.21. The van der Waals surface area contributed by atoms with E-state index in [0.29, 0.717) is 0 Å². The van der Waals surface area contributed by atoms with Crippen LogP contribution in [0.1, 0.15) is 26.2 Å². The van der Waals surface area contributed by atoms with Gasteiger partial charge in [0.2, 0.25) is 0 Å². The third-order valence-electron chi connectivity index (χ3n) is 2.75. The molecular weight excluding hydrogens is 126 g/mol. The van der Waals surface area contributed by atoms with Gasteiger partial charge in [-0.25, -0.2) is 0 Å². The van der Waals surface area contributed by atoms with E-state index in [1.54, 1.807) is 0 Å². The van der Waals surface area contributed by atoms with Crippen molar-refractivity contribution in [1.29, 1.82) is 0 Å². The highest BCUT2D eigenvalue weighted by atomic mass is 16.5. The zero-order valence-corrected chi connectivity index (χ0v) is 6.55. The van der Waals surface area contributed by atoms with Gasteiger partial charge in [-0.1, -0.05) is 6.42 Å². The van der Waals surface area contributed by atoms with Gasteiger partial charge in [-0.2, -0.15) is 0 Å². The van der Waals surface area contributed by atoms with E-state index in [9.17, 15) is 0 Å². The maximum atomic E-state index is 5.39. The predicted molar refractivity (Wildman–Crippen MR) is 39.8 cm³/mol. The maximum Gasteiger partial charge on any atom is 0.0996 e. The standard InChI is InChI=1S/C8H15NO/c1-7-3-2-4-8-5-10-6-9(7)8/h7-8H,2-6H2,1H3. The molecule has 0 aromatic heterocycles. The molecule has 0 radical (unpaired) electrons. The minimum Gasteiger partial charge on any atom is -0.364 e. The minimum absolute atomic E-state index is 0.753. The van der Waals surface area contributed by atoms with Crippen molar-refractivity contribution in [2.24, 2.45) is 0 Å². The van der Waals surface area contributed by atoms with Gasteiger partial charge in [0.15, 0.2) is 0 Å². The largest absolute Gasteiger partial charge is 0.364 e. The van der Waals surface area contributed by atoms with Crippen molar-refractivity contribution in [2.75, 3.05) is 13.3 Å². The van der Waals surface area contributed by atoms with Crippen molar-refractivity contribution in [2.45, 2.75) is 38.3 Å². The normalized spacial score (nSPS) is 41.7. The first-order chi connectivity index (χ1) is 4.88. The van der Waals surface area contributed by atoms with Crippen LogP contribution in [-0.2, 0) is 4.74 Å². The minimum atomic E-state index is 0.753. The molecule has 0 N–H and O–H groups in total. The molecule has 0 aromatic carbocycles. The van der Waals surface area contributed by atoms with Crippen LogP contribution in [0.25, 0.3) is 0 Å². The van der Waals surface area contributed by atoms with Crippen molar-refractivity contribution >= 4 is 0 Å². The lowest BCUT2D eigenvalue weighted by Gasteiger charge is -2.33. The Morgan fingerprint density at radius 2 is 2.30 bits per heavy atom. The summed E-state index contributed by atoms with van der Waals surface area (Å²) < 4.78 is 5.39. The van der Waals surface area contributed by atoms with Gasteiger partial charge in [0.05, 0.1) is 13.3 Å². The topological polar surface area (TPSA) is 12.5 Å². The van der Waals surface area contributed by atoms with Crippen LogP contribution in [0.5, 0.6) is 0 Å². The summed E-state index contributed by atoms with van der Waals surface area (Å²) in [5, 5.41) is 0. The predicted octanol–water partition coefficient (Wildman–Crippen LogP) is 1.22. The lowest BCUT2D eigenvalue weighted by Crippen LogP contribution is -2.41. The number of hydrogen-bond donors (Lipinski definition) is 0. The summed E-state index contributed by atoms with van der Waals surface area (Å²) in [7, 11) is 0. The summed E-state index contributed by atoms with van der Waals surface area (Å²) >= 11 is 0. The van der Waals surface area contributed by atoms with Gasteiger partial charge in [-0.3, -0.25) is 4.90 Å². The number of ether oxygens (including phenoxy) is 1. The maximum absolute atomic E-state index is 5.39. The highest BCUT2D eigenvalue weighted by Gasteiger charge is 2.31. The van der Waals surface area contributed by atoms with Crippen LogP contribution in [0.15, 0.2) is 0 Å². The summed E-state index contributed by atoms with van der Waals surface area (Å²) in [5.41, 5.74) is 0. The average molecular weight is 141 g/mol. The molecule has 2 atom stereocenters. The molecule has 0 spiro atoms. The van der Waals surface area contributed by atoms with E-state index in [1.165, 1.54) is 19.3 Å². The first kappa shape index (κ1) is 6.62. The van der Waals surface area contributed by atoms with Gasteiger partial charge in [0.1, 0.15) is 0 Å². The molecular formula is C8H15NO. The van der Waals surface area contributed by atoms with Crippen LogP contribution < -0.4 is 0 Å². The number of rotatable bonds is 0. The third-order valence-corrected chi connectivity index (χ3v) is 2.75. The molecule has 0 bridgehead atoms. The fraction of sp³-hybridized carbons (Fsp3) is 1.00. The number of fused-ring (bicyclic) bond motifs is 1. The molecule has 10 heavy (non-hydrogen) atoms. The van der Waals surface area contributed by atoms with Gasteiger partial charge in [0.25, 0.3) is 0 Å². The van der Waals surface area contributed by atoms with Crippen LogP contribution in [0, 0.1) is 0 Å². The summed E-state index contributed by atoms with van der Waals surface area (Å²) in [5.74, 6) is 0. The van der Waals surface area contributed by atoms with Crippen LogP contribution in [0.3, 0.4) is 0 Å². The fourth-order valence-corrected chi connectivity index (χ4v) is 2.05. The van der Waals surface area contributed by atoms with E-state index in [2.05, 4.69) is 11.8 Å². The average Bonchev–Trinajstić information content (AvgIpc) is 2.36.